The molecule has 1 N–H and O–H groups in total. The smallest absolute Gasteiger partial charge is 0.233 e. The van der Waals surface area contributed by atoms with Crippen LogP contribution in [0.2, 0.25) is 0 Å². The Bertz CT molecular complexity index is 821. The van der Waals surface area contributed by atoms with Crippen molar-refractivity contribution in [1.29, 1.82) is 5.26 Å². The molecule has 1 atom stereocenters. The second kappa shape index (κ2) is 6.37. The van der Waals surface area contributed by atoms with Gasteiger partial charge in [-0.05, 0) is 37.3 Å². The van der Waals surface area contributed by atoms with E-state index in [1.807, 2.05) is 16.8 Å². The summed E-state index contributed by atoms with van der Waals surface area (Å²) in [6, 6.07) is 6.07. The van der Waals surface area contributed by atoms with Crippen molar-refractivity contribution >= 4 is 5.69 Å². The first-order chi connectivity index (χ1) is 12.2. The third-order valence-corrected chi connectivity index (χ3v) is 4.94. The fourth-order valence-electron chi connectivity index (χ4n) is 3.44. The first kappa shape index (κ1) is 15.9. The van der Waals surface area contributed by atoms with Gasteiger partial charge in [-0.15, -0.1) is 0 Å². The van der Waals surface area contributed by atoms with Crippen LogP contribution in [0.25, 0.3) is 0 Å². The van der Waals surface area contributed by atoms with Crippen LogP contribution in [-0.4, -0.2) is 33.5 Å². The number of anilines is 1. The average Bonchev–Trinajstić information content (AvgIpc) is 3.44. The zero-order valence-corrected chi connectivity index (χ0v) is 14.2. The summed E-state index contributed by atoms with van der Waals surface area (Å²) in [6.45, 7) is 2.28. The van der Waals surface area contributed by atoms with Crippen molar-refractivity contribution < 1.29 is 9.84 Å². The molecule has 0 bridgehead atoms. The Morgan fingerprint density at radius 1 is 1.40 bits per heavy atom. The number of nitrogens with zero attached hydrogens (tertiary/aromatic N) is 5. The molecule has 25 heavy (non-hydrogen) atoms. The molecule has 2 aliphatic rings. The second-order valence-electron chi connectivity index (χ2n) is 6.67. The van der Waals surface area contributed by atoms with Gasteiger partial charge in [0.1, 0.15) is 17.7 Å². The van der Waals surface area contributed by atoms with Gasteiger partial charge in [0, 0.05) is 19.3 Å². The van der Waals surface area contributed by atoms with E-state index in [0.29, 0.717) is 23.9 Å². The Balaban J connectivity index is 1.65. The van der Waals surface area contributed by atoms with Crippen molar-refractivity contribution in [3.8, 4) is 11.9 Å². The first-order valence-corrected chi connectivity index (χ1v) is 8.64. The Kier molecular flexibility index (Phi) is 4.06. The van der Waals surface area contributed by atoms with E-state index >= 15 is 0 Å². The highest BCUT2D eigenvalue weighted by atomic mass is 16.5. The Morgan fingerprint density at radius 2 is 2.24 bits per heavy atom. The summed E-state index contributed by atoms with van der Waals surface area (Å²) in [5.74, 6) is 0.715. The molecule has 0 saturated heterocycles. The van der Waals surface area contributed by atoms with Gasteiger partial charge in [0.15, 0.2) is 0 Å². The molecule has 0 spiro atoms. The van der Waals surface area contributed by atoms with Gasteiger partial charge in [-0.1, -0.05) is 0 Å². The van der Waals surface area contributed by atoms with Gasteiger partial charge >= 0.3 is 0 Å². The van der Waals surface area contributed by atoms with Crippen molar-refractivity contribution in [2.24, 2.45) is 5.92 Å². The molecule has 7 heteroatoms. The summed E-state index contributed by atoms with van der Waals surface area (Å²) >= 11 is 0. The van der Waals surface area contributed by atoms with E-state index < -0.39 is 6.10 Å². The number of hydrogen-bond donors (Lipinski definition) is 1. The van der Waals surface area contributed by atoms with Crippen LogP contribution in [0.1, 0.15) is 42.3 Å². The lowest BCUT2D eigenvalue weighted by Gasteiger charge is -2.23. The molecule has 4 rings (SSSR count). The SMILES string of the molecule is COc1nccc(N2CCCn3nc([C@H](O)C4CC4)cc3C2)c1C#N. The summed E-state index contributed by atoms with van der Waals surface area (Å²) in [4.78, 5) is 6.29. The van der Waals surface area contributed by atoms with Gasteiger partial charge in [0.2, 0.25) is 5.88 Å². The minimum Gasteiger partial charge on any atom is -0.480 e. The van der Waals surface area contributed by atoms with Crippen LogP contribution < -0.4 is 9.64 Å². The number of pyridine rings is 1. The van der Waals surface area contributed by atoms with Crippen LogP contribution in [0, 0.1) is 17.2 Å². The number of hydrogen-bond acceptors (Lipinski definition) is 6. The molecule has 1 aliphatic heterocycles. The summed E-state index contributed by atoms with van der Waals surface area (Å²) in [5.41, 5.74) is 3.11. The zero-order chi connectivity index (χ0) is 17.4. The molecule has 3 heterocycles. The monoisotopic (exact) mass is 339 g/mol. The van der Waals surface area contributed by atoms with Gasteiger partial charge in [-0.25, -0.2) is 4.98 Å². The second-order valence-corrected chi connectivity index (χ2v) is 6.67. The molecule has 0 amide bonds. The van der Waals surface area contributed by atoms with Crippen LogP contribution in [0.5, 0.6) is 5.88 Å². The number of fused-ring (bicyclic) bond motifs is 1. The maximum atomic E-state index is 10.4. The quantitative estimate of drug-likeness (QED) is 0.917. The van der Waals surface area contributed by atoms with Gasteiger partial charge in [-0.2, -0.15) is 10.4 Å². The number of aliphatic hydroxyl groups excluding tert-OH is 1. The van der Waals surface area contributed by atoms with Crippen LogP contribution in [-0.2, 0) is 13.1 Å². The molecule has 2 aromatic rings. The van der Waals surface area contributed by atoms with E-state index in [1.165, 1.54) is 7.11 Å². The lowest BCUT2D eigenvalue weighted by molar-refractivity contribution is 0.148. The third kappa shape index (κ3) is 2.94. The molecule has 2 aromatic heterocycles. The molecule has 7 nitrogen and oxygen atoms in total. The molecule has 1 aliphatic carbocycles. The topological polar surface area (TPSA) is 87.2 Å². The van der Waals surface area contributed by atoms with Crippen LogP contribution in [0.3, 0.4) is 0 Å². The van der Waals surface area contributed by atoms with Crippen molar-refractivity contribution in [1.82, 2.24) is 14.8 Å². The standard InChI is InChI=1S/C18H21N5O2/c1-25-18-14(10-19)16(5-6-20-18)22-7-2-8-23-13(11-22)9-15(21-23)17(24)12-3-4-12/h5-6,9,12,17,24H,2-4,7-8,11H2,1H3/t17-/m1/s1. The molecule has 1 fully saturated rings. The van der Waals surface area contributed by atoms with Crippen LogP contribution >= 0.6 is 0 Å². The third-order valence-electron chi connectivity index (χ3n) is 4.94. The molecule has 1 saturated carbocycles. The minimum atomic E-state index is -0.455. The van der Waals surface area contributed by atoms with E-state index in [2.05, 4.69) is 21.1 Å². The van der Waals surface area contributed by atoms with E-state index in [4.69, 9.17) is 4.74 Å². The normalized spacial score (nSPS) is 18.2. The predicted octanol–water partition coefficient (Wildman–Crippen LogP) is 2.01. The fourth-order valence-corrected chi connectivity index (χ4v) is 3.44. The van der Waals surface area contributed by atoms with Crippen molar-refractivity contribution in [2.45, 2.75) is 38.5 Å². The lowest BCUT2D eigenvalue weighted by atomic mass is 10.1. The summed E-state index contributed by atoms with van der Waals surface area (Å²) < 4.78 is 7.22. The summed E-state index contributed by atoms with van der Waals surface area (Å²) in [7, 11) is 1.52. The number of aromatic nitrogens is 3. The molecule has 0 unspecified atom stereocenters. The van der Waals surface area contributed by atoms with E-state index in [1.54, 1.807) is 6.20 Å². The van der Waals surface area contributed by atoms with Crippen molar-refractivity contribution in [3.63, 3.8) is 0 Å². The van der Waals surface area contributed by atoms with E-state index in [0.717, 1.165) is 49.4 Å². The Labute approximate surface area is 146 Å². The molecule has 0 aromatic carbocycles. The lowest BCUT2D eigenvalue weighted by Crippen LogP contribution is -2.23. The van der Waals surface area contributed by atoms with E-state index in [-0.39, 0.29) is 0 Å². The first-order valence-electron chi connectivity index (χ1n) is 8.64. The Morgan fingerprint density at radius 3 is 2.96 bits per heavy atom. The van der Waals surface area contributed by atoms with Gasteiger partial charge in [0.25, 0.3) is 0 Å². The number of aliphatic hydroxyl groups is 1. The average molecular weight is 339 g/mol. The maximum absolute atomic E-state index is 10.4. The summed E-state index contributed by atoms with van der Waals surface area (Å²) in [5, 5.41) is 24.5. The summed E-state index contributed by atoms with van der Waals surface area (Å²) in [6.07, 6.45) is 4.29. The van der Waals surface area contributed by atoms with Crippen molar-refractivity contribution in [3.05, 3.63) is 35.3 Å². The number of nitriles is 1. The fraction of sp³-hybridized carbons (Fsp3) is 0.500. The van der Waals surface area contributed by atoms with E-state index in [9.17, 15) is 10.4 Å². The molecular formula is C18H21N5O2. The number of ether oxygens (including phenoxy) is 1. The maximum Gasteiger partial charge on any atom is 0.233 e. The zero-order valence-electron chi connectivity index (χ0n) is 14.2. The van der Waals surface area contributed by atoms with Gasteiger partial charge in [-0.3, -0.25) is 4.68 Å². The van der Waals surface area contributed by atoms with Crippen LogP contribution in [0.4, 0.5) is 5.69 Å². The predicted molar refractivity (Wildman–Crippen MR) is 91.1 cm³/mol. The number of aryl methyl sites for hydroxylation is 1. The Hall–Kier alpha value is -2.59. The largest absolute Gasteiger partial charge is 0.480 e. The molecular weight excluding hydrogens is 318 g/mol. The molecule has 0 radical (unpaired) electrons. The minimum absolute atomic E-state index is 0.350. The molecule has 130 valence electrons. The van der Waals surface area contributed by atoms with Gasteiger partial charge < -0.3 is 14.7 Å². The van der Waals surface area contributed by atoms with Gasteiger partial charge in [0.05, 0.1) is 30.7 Å². The van der Waals surface area contributed by atoms with Crippen molar-refractivity contribution in [2.75, 3.05) is 18.6 Å². The highest BCUT2D eigenvalue weighted by Gasteiger charge is 2.33. The highest BCUT2D eigenvalue weighted by Crippen LogP contribution is 2.40. The van der Waals surface area contributed by atoms with Crippen LogP contribution in [0.15, 0.2) is 18.3 Å². The number of methoxy groups -OCH3 is 1. The highest BCUT2D eigenvalue weighted by molar-refractivity contribution is 5.63. The number of rotatable bonds is 4.